The molecule has 1 saturated carbocycles. The summed E-state index contributed by atoms with van der Waals surface area (Å²) >= 11 is 0. The topological polar surface area (TPSA) is 150 Å². The predicted molar refractivity (Wildman–Crippen MR) is 93.0 cm³/mol. The van der Waals surface area contributed by atoms with E-state index in [1.54, 1.807) is 0 Å². The number of aromatic nitrogens is 2. The van der Waals surface area contributed by atoms with Crippen molar-refractivity contribution in [2.75, 3.05) is 5.73 Å². The first-order valence-electron chi connectivity index (χ1n) is 7.98. The Morgan fingerprint density at radius 1 is 1.30 bits per heavy atom. The third kappa shape index (κ3) is 3.95. The molecule has 0 radical (unpaired) electrons. The molecule has 0 saturated heterocycles. The second-order valence-corrected chi connectivity index (χ2v) is 7.91. The predicted octanol–water partition coefficient (Wildman–Crippen LogP) is 0.945. The Labute approximate surface area is 153 Å². The van der Waals surface area contributed by atoms with E-state index in [2.05, 4.69) is 9.71 Å². The number of sulfonamides is 1. The van der Waals surface area contributed by atoms with Crippen LogP contribution in [0.15, 0.2) is 40.2 Å². The number of nitro benzene ring substituents is 1. The van der Waals surface area contributed by atoms with Crippen molar-refractivity contribution in [3.63, 3.8) is 0 Å². The first-order chi connectivity index (χ1) is 12.7. The van der Waals surface area contributed by atoms with Crippen molar-refractivity contribution in [1.29, 1.82) is 0 Å². The lowest BCUT2D eigenvalue weighted by Gasteiger charge is -2.15. The Morgan fingerprint density at radius 2 is 1.96 bits per heavy atom. The molecule has 1 aromatic heterocycles. The smallest absolute Gasteiger partial charge is 0.349 e. The van der Waals surface area contributed by atoms with Crippen LogP contribution in [0.3, 0.4) is 0 Å². The van der Waals surface area contributed by atoms with Crippen molar-refractivity contribution in [3.05, 3.63) is 56.9 Å². The van der Waals surface area contributed by atoms with Gasteiger partial charge >= 0.3 is 5.69 Å². The number of benzene rings is 1. The highest BCUT2D eigenvalue weighted by molar-refractivity contribution is 7.89. The molecule has 144 valence electrons. The van der Waals surface area contributed by atoms with Gasteiger partial charge in [0.1, 0.15) is 0 Å². The fourth-order valence-corrected chi connectivity index (χ4v) is 4.35. The van der Waals surface area contributed by atoms with Gasteiger partial charge in [0, 0.05) is 30.4 Å². The van der Waals surface area contributed by atoms with Gasteiger partial charge in [-0.1, -0.05) is 0 Å². The molecule has 3 rings (SSSR count). The minimum absolute atomic E-state index is 0.103. The van der Waals surface area contributed by atoms with E-state index in [1.165, 1.54) is 0 Å². The lowest BCUT2D eigenvalue weighted by atomic mass is 10.2. The van der Waals surface area contributed by atoms with Gasteiger partial charge in [-0.15, -0.1) is 0 Å². The summed E-state index contributed by atoms with van der Waals surface area (Å²) < 4.78 is 42.1. The number of nitro groups is 1. The molecule has 27 heavy (non-hydrogen) atoms. The third-order valence-corrected chi connectivity index (χ3v) is 5.95. The van der Waals surface area contributed by atoms with E-state index in [0.29, 0.717) is 12.8 Å². The molecule has 0 spiro atoms. The number of non-ortho nitro benzene ring substituents is 1. The standard InChI is InChI=1S/C15H16FN5O5S/c16-13-8-20(15(22)18-14(13)17)11-2-1-9(7-11)19-27(25,26)12-5-3-10(4-6-12)21(23)24/h3-6,8-9,11,19H,1-2,7H2,(H2,17,18,22)/t9-,11-/m0/s1. The van der Waals surface area contributed by atoms with Gasteiger partial charge in [-0.25, -0.2) is 22.3 Å². The first-order valence-corrected chi connectivity index (χ1v) is 9.46. The lowest BCUT2D eigenvalue weighted by molar-refractivity contribution is -0.384. The molecule has 10 nitrogen and oxygen atoms in total. The molecule has 0 amide bonds. The molecule has 1 aromatic carbocycles. The van der Waals surface area contributed by atoms with Crippen LogP contribution in [0.4, 0.5) is 15.9 Å². The highest BCUT2D eigenvalue weighted by Gasteiger charge is 2.31. The average Bonchev–Trinajstić information content (AvgIpc) is 3.05. The summed E-state index contributed by atoms with van der Waals surface area (Å²) in [6.07, 6.45) is 2.15. The van der Waals surface area contributed by atoms with Crippen LogP contribution >= 0.6 is 0 Å². The maximum atomic E-state index is 13.6. The van der Waals surface area contributed by atoms with Gasteiger partial charge in [0.2, 0.25) is 10.0 Å². The quantitative estimate of drug-likeness (QED) is 0.563. The molecular formula is C15H16FN5O5S. The number of hydrogen-bond donors (Lipinski definition) is 2. The van der Waals surface area contributed by atoms with Gasteiger partial charge in [-0.3, -0.25) is 14.7 Å². The van der Waals surface area contributed by atoms with E-state index in [0.717, 1.165) is 35.0 Å². The van der Waals surface area contributed by atoms with Crippen LogP contribution in [0.1, 0.15) is 25.3 Å². The monoisotopic (exact) mass is 397 g/mol. The summed E-state index contributed by atoms with van der Waals surface area (Å²) in [5.74, 6) is -1.30. The highest BCUT2D eigenvalue weighted by Crippen LogP contribution is 2.30. The van der Waals surface area contributed by atoms with E-state index >= 15 is 0 Å². The molecule has 1 fully saturated rings. The molecule has 1 aliphatic carbocycles. The van der Waals surface area contributed by atoms with Crippen LogP contribution in [0, 0.1) is 15.9 Å². The highest BCUT2D eigenvalue weighted by atomic mass is 32.2. The van der Waals surface area contributed by atoms with Crippen LogP contribution in [-0.2, 0) is 10.0 Å². The molecule has 0 aliphatic heterocycles. The average molecular weight is 397 g/mol. The van der Waals surface area contributed by atoms with Gasteiger partial charge in [-0.05, 0) is 31.4 Å². The fourth-order valence-electron chi connectivity index (χ4n) is 3.07. The van der Waals surface area contributed by atoms with Crippen molar-refractivity contribution >= 4 is 21.5 Å². The lowest BCUT2D eigenvalue weighted by Crippen LogP contribution is -2.34. The number of nitrogens with one attached hydrogen (secondary N) is 1. The van der Waals surface area contributed by atoms with Crippen LogP contribution < -0.4 is 16.1 Å². The molecule has 2 atom stereocenters. The zero-order valence-electron chi connectivity index (χ0n) is 13.9. The molecule has 3 N–H and O–H groups in total. The first kappa shape index (κ1) is 18.9. The molecular weight excluding hydrogens is 381 g/mol. The van der Waals surface area contributed by atoms with Crippen molar-refractivity contribution < 1.29 is 17.7 Å². The second kappa shape index (κ2) is 7.04. The van der Waals surface area contributed by atoms with Crippen LogP contribution in [0.5, 0.6) is 0 Å². The molecule has 1 heterocycles. The van der Waals surface area contributed by atoms with E-state index in [1.807, 2.05) is 0 Å². The second-order valence-electron chi connectivity index (χ2n) is 6.20. The molecule has 0 unspecified atom stereocenters. The SMILES string of the molecule is Nc1nc(=O)n([C@H]2CC[C@H](NS(=O)(=O)c3ccc([N+](=O)[O-])cc3)C2)cc1F. The summed E-state index contributed by atoms with van der Waals surface area (Å²) in [5.41, 5.74) is 4.35. The number of anilines is 1. The summed E-state index contributed by atoms with van der Waals surface area (Å²) in [5, 5.41) is 10.7. The number of nitrogens with two attached hydrogens (primary N) is 1. The van der Waals surface area contributed by atoms with E-state index < -0.39 is 44.4 Å². The van der Waals surface area contributed by atoms with Crippen molar-refractivity contribution in [2.24, 2.45) is 0 Å². The Kier molecular flexibility index (Phi) is 4.93. The Morgan fingerprint density at radius 3 is 2.59 bits per heavy atom. The van der Waals surface area contributed by atoms with E-state index in [-0.39, 0.29) is 17.0 Å². The van der Waals surface area contributed by atoms with E-state index in [4.69, 9.17) is 5.73 Å². The van der Waals surface area contributed by atoms with Crippen LogP contribution in [0.25, 0.3) is 0 Å². The maximum absolute atomic E-state index is 13.6. The minimum Gasteiger partial charge on any atom is -0.381 e. The number of halogens is 1. The van der Waals surface area contributed by atoms with Crippen LogP contribution in [-0.4, -0.2) is 28.9 Å². The molecule has 2 aromatic rings. The van der Waals surface area contributed by atoms with Crippen LogP contribution in [0.2, 0.25) is 0 Å². The summed E-state index contributed by atoms with van der Waals surface area (Å²) in [6.45, 7) is 0. The summed E-state index contributed by atoms with van der Waals surface area (Å²) in [7, 11) is -3.89. The third-order valence-electron chi connectivity index (χ3n) is 4.41. The summed E-state index contributed by atoms with van der Waals surface area (Å²) in [4.78, 5) is 25.2. The van der Waals surface area contributed by atoms with Crippen molar-refractivity contribution in [1.82, 2.24) is 14.3 Å². The largest absolute Gasteiger partial charge is 0.381 e. The van der Waals surface area contributed by atoms with Crippen molar-refractivity contribution in [2.45, 2.75) is 36.2 Å². The fraction of sp³-hybridized carbons (Fsp3) is 0.333. The Hall–Kier alpha value is -2.86. The number of nitrogen functional groups attached to an aromatic ring is 1. The van der Waals surface area contributed by atoms with Crippen molar-refractivity contribution in [3.8, 4) is 0 Å². The number of nitrogens with zero attached hydrogens (tertiary/aromatic N) is 3. The zero-order chi connectivity index (χ0) is 19.8. The summed E-state index contributed by atoms with van der Waals surface area (Å²) in [6, 6.07) is 3.63. The Bertz CT molecular complexity index is 1040. The normalized spacial score (nSPS) is 19.9. The van der Waals surface area contributed by atoms with Gasteiger partial charge < -0.3 is 5.73 Å². The number of rotatable bonds is 5. The molecule has 0 bridgehead atoms. The molecule has 1 aliphatic rings. The van der Waals surface area contributed by atoms with E-state index in [9.17, 15) is 27.7 Å². The molecule has 12 heteroatoms. The Balaban J connectivity index is 1.73. The van der Waals surface area contributed by atoms with Gasteiger partial charge in [-0.2, -0.15) is 4.98 Å². The van der Waals surface area contributed by atoms with Gasteiger partial charge in [0.25, 0.3) is 5.69 Å². The minimum atomic E-state index is -3.89. The number of hydrogen-bond acceptors (Lipinski definition) is 7. The van der Waals surface area contributed by atoms with Gasteiger partial charge in [0.15, 0.2) is 11.6 Å². The zero-order valence-corrected chi connectivity index (χ0v) is 14.7. The van der Waals surface area contributed by atoms with Gasteiger partial charge in [0.05, 0.1) is 9.82 Å². The maximum Gasteiger partial charge on any atom is 0.349 e.